The van der Waals surface area contributed by atoms with Crippen molar-refractivity contribution in [1.82, 2.24) is 0 Å². The van der Waals surface area contributed by atoms with Crippen LogP contribution in [0.5, 0.6) is 0 Å². The molecule has 0 rings (SSSR count). The number of aliphatic hydroxyl groups excluding tert-OH is 1. The van der Waals surface area contributed by atoms with Crippen LogP contribution in [0.4, 0.5) is 0 Å². The highest BCUT2D eigenvalue weighted by atomic mass is 28.4. The minimum absolute atomic E-state index is 0.181. The fraction of sp³-hybridized carbons (Fsp3) is 0.786. The van der Waals surface area contributed by atoms with Crippen molar-refractivity contribution in [2.24, 2.45) is 0 Å². The largest absolute Gasteiger partial charge is 0.414 e. The van der Waals surface area contributed by atoms with Crippen LogP contribution in [0, 0.1) is 0 Å². The summed E-state index contributed by atoms with van der Waals surface area (Å²) in [6.07, 6.45) is -0.543. The van der Waals surface area contributed by atoms with Crippen LogP contribution in [0.25, 0.3) is 0 Å². The van der Waals surface area contributed by atoms with Crippen LogP contribution in [0.2, 0.25) is 18.1 Å². The Hall–Kier alpha value is -0.343. The summed E-state index contributed by atoms with van der Waals surface area (Å²) < 4.78 is 5.98. The predicted octanol–water partition coefficient (Wildman–Crippen LogP) is 3.88. The van der Waals surface area contributed by atoms with E-state index in [2.05, 4.69) is 39.6 Å². The molecule has 0 radical (unpaired) electrons. The van der Waals surface area contributed by atoms with E-state index in [1.165, 1.54) is 0 Å². The molecule has 3 heteroatoms. The Balaban J connectivity index is 4.56. The van der Waals surface area contributed by atoms with Crippen molar-refractivity contribution >= 4 is 8.32 Å². The highest BCUT2D eigenvalue weighted by Gasteiger charge is 2.37. The van der Waals surface area contributed by atoms with Gasteiger partial charge in [-0.05, 0) is 50.0 Å². The Morgan fingerprint density at radius 3 is 2.06 bits per heavy atom. The van der Waals surface area contributed by atoms with Gasteiger partial charge in [-0.15, -0.1) is 5.73 Å². The van der Waals surface area contributed by atoms with E-state index >= 15 is 0 Å². The summed E-state index contributed by atoms with van der Waals surface area (Å²) in [7, 11) is -1.76. The van der Waals surface area contributed by atoms with Crippen LogP contribution < -0.4 is 0 Å². The zero-order valence-corrected chi connectivity index (χ0v) is 13.6. The maximum absolute atomic E-state index is 9.98. The summed E-state index contributed by atoms with van der Waals surface area (Å²) in [6, 6.07) is 0. The topological polar surface area (TPSA) is 29.5 Å². The molecule has 0 fully saturated rings. The molecular weight excluding hydrogens is 228 g/mol. The third-order valence-electron chi connectivity index (χ3n) is 3.36. The van der Waals surface area contributed by atoms with Gasteiger partial charge < -0.3 is 9.53 Å². The zero-order valence-electron chi connectivity index (χ0n) is 12.6. The fourth-order valence-corrected chi connectivity index (χ4v) is 2.11. The average molecular weight is 256 g/mol. The quantitative estimate of drug-likeness (QED) is 0.611. The number of hydrogen-bond donors (Lipinski definition) is 1. The minimum Gasteiger partial charge on any atom is -0.414 e. The van der Waals surface area contributed by atoms with Crippen molar-refractivity contribution in [3.63, 3.8) is 0 Å². The lowest BCUT2D eigenvalue weighted by molar-refractivity contribution is 0.127. The lowest BCUT2D eigenvalue weighted by Crippen LogP contribution is -2.42. The van der Waals surface area contributed by atoms with Crippen molar-refractivity contribution in [3.05, 3.63) is 16.9 Å². The molecule has 0 aromatic rings. The standard InChI is InChI=1S/C14H28O2Si/c1-11(2)9-12(3)13(15)10-16-17(7,8)14(4,5)6/h13,15H,10H2,1-8H3. The Kier molecular flexibility index (Phi) is 5.89. The minimum atomic E-state index is -1.76. The van der Waals surface area contributed by atoms with Crippen LogP contribution in [0.1, 0.15) is 41.5 Å². The SMILES string of the molecule is CC(C)=C=C(C)C(O)CO[Si](C)(C)C(C)(C)C. The van der Waals surface area contributed by atoms with E-state index in [1.807, 2.05) is 20.8 Å². The number of hydrogen-bond acceptors (Lipinski definition) is 2. The van der Waals surface area contributed by atoms with Crippen molar-refractivity contribution in [2.45, 2.75) is 65.8 Å². The van der Waals surface area contributed by atoms with E-state index < -0.39 is 14.4 Å². The third-order valence-corrected chi connectivity index (χ3v) is 7.86. The second-order valence-electron chi connectivity index (χ2n) is 6.40. The van der Waals surface area contributed by atoms with Gasteiger partial charge in [-0.2, -0.15) is 0 Å². The molecule has 0 aliphatic heterocycles. The first kappa shape index (κ1) is 16.7. The Morgan fingerprint density at radius 1 is 1.24 bits per heavy atom. The Bertz CT molecular complexity index is 314. The molecule has 0 heterocycles. The molecule has 0 aliphatic carbocycles. The summed E-state index contributed by atoms with van der Waals surface area (Å²) in [6.45, 7) is 17.2. The van der Waals surface area contributed by atoms with Crippen LogP contribution in [-0.2, 0) is 4.43 Å². The summed E-state index contributed by atoms with van der Waals surface area (Å²) >= 11 is 0. The normalized spacial score (nSPS) is 14.2. The molecule has 0 spiro atoms. The molecule has 0 aromatic carbocycles. The molecule has 0 amide bonds. The maximum atomic E-state index is 9.98. The van der Waals surface area contributed by atoms with E-state index in [0.717, 1.165) is 11.1 Å². The van der Waals surface area contributed by atoms with Crippen molar-refractivity contribution in [2.75, 3.05) is 6.61 Å². The number of rotatable bonds is 4. The van der Waals surface area contributed by atoms with Crippen LogP contribution in [0.3, 0.4) is 0 Å². The van der Waals surface area contributed by atoms with Crippen molar-refractivity contribution < 1.29 is 9.53 Å². The molecule has 0 aromatic heterocycles. The molecule has 2 nitrogen and oxygen atoms in total. The molecular formula is C14H28O2Si. The van der Waals surface area contributed by atoms with Gasteiger partial charge in [-0.1, -0.05) is 20.8 Å². The van der Waals surface area contributed by atoms with Gasteiger partial charge in [0.2, 0.25) is 0 Å². The lowest BCUT2D eigenvalue weighted by Gasteiger charge is -2.36. The van der Waals surface area contributed by atoms with Gasteiger partial charge in [0.05, 0.1) is 6.61 Å². The Labute approximate surface area is 108 Å². The summed E-state index contributed by atoms with van der Waals surface area (Å²) in [5, 5.41) is 10.2. The van der Waals surface area contributed by atoms with E-state index in [9.17, 15) is 5.11 Å². The van der Waals surface area contributed by atoms with Crippen molar-refractivity contribution in [3.8, 4) is 0 Å². The van der Waals surface area contributed by atoms with Gasteiger partial charge in [-0.3, -0.25) is 0 Å². The second-order valence-corrected chi connectivity index (χ2v) is 11.2. The first-order chi connectivity index (χ1) is 7.47. The van der Waals surface area contributed by atoms with Crippen LogP contribution in [-0.4, -0.2) is 26.1 Å². The van der Waals surface area contributed by atoms with Gasteiger partial charge in [0, 0.05) is 0 Å². The van der Waals surface area contributed by atoms with Crippen LogP contribution >= 0.6 is 0 Å². The predicted molar refractivity (Wildman–Crippen MR) is 76.7 cm³/mol. The van der Waals surface area contributed by atoms with Gasteiger partial charge >= 0.3 is 0 Å². The molecule has 0 saturated heterocycles. The molecule has 17 heavy (non-hydrogen) atoms. The molecule has 100 valence electrons. The highest BCUT2D eigenvalue weighted by Crippen LogP contribution is 2.36. The first-order valence-corrected chi connectivity index (χ1v) is 9.11. The second kappa shape index (κ2) is 6.01. The zero-order chi connectivity index (χ0) is 13.9. The van der Waals surface area contributed by atoms with Gasteiger partial charge in [0.1, 0.15) is 6.10 Å². The smallest absolute Gasteiger partial charge is 0.192 e. The van der Waals surface area contributed by atoms with E-state index in [1.54, 1.807) is 0 Å². The summed E-state index contributed by atoms with van der Waals surface area (Å²) in [5.41, 5.74) is 5.06. The highest BCUT2D eigenvalue weighted by molar-refractivity contribution is 6.74. The summed E-state index contributed by atoms with van der Waals surface area (Å²) in [5.74, 6) is 0. The molecule has 1 N–H and O–H groups in total. The van der Waals surface area contributed by atoms with E-state index in [4.69, 9.17) is 4.43 Å². The first-order valence-electron chi connectivity index (χ1n) is 6.20. The lowest BCUT2D eigenvalue weighted by atomic mass is 10.2. The van der Waals surface area contributed by atoms with Gasteiger partial charge in [0.25, 0.3) is 0 Å². The molecule has 0 saturated carbocycles. The molecule has 1 unspecified atom stereocenters. The number of aliphatic hydroxyl groups is 1. The third kappa shape index (κ3) is 5.69. The van der Waals surface area contributed by atoms with E-state index in [0.29, 0.717) is 6.61 Å². The van der Waals surface area contributed by atoms with Gasteiger partial charge in [0.15, 0.2) is 8.32 Å². The Morgan fingerprint density at radius 2 is 1.71 bits per heavy atom. The average Bonchev–Trinajstić information content (AvgIpc) is 2.11. The van der Waals surface area contributed by atoms with E-state index in [-0.39, 0.29) is 5.04 Å². The molecule has 0 bridgehead atoms. The monoisotopic (exact) mass is 256 g/mol. The molecule has 0 aliphatic rings. The molecule has 1 atom stereocenters. The van der Waals surface area contributed by atoms with Crippen molar-refractivity contribution in [1.29, 1.82) is 0 Å². The maximum Gasteiger partial charge on any atom is 0.192 e. The van der Waals surface area contributed by atoms with Gasteiger partial charge in [-0.25, -0.2) is 0 Å². The summed E-state index contributed by atoms with van der Waals surface area (Å²) in [4.78, 5) is 0. The fourth-order valence-electron chi connectivity index (χ4n) is 1.11. The van der Waals surface area contributed by atoms with Crippen LogP contribution in [0.15, 0.2) is 16.9 Å².